The maximum absolute atomic E-state index is 13.4. The van der Waals surface area contributed by atoms with Gasteiger partial charge in [-0.3, -0.25) is 10.1 Å². The molecule has 1 N–H and O–H groups in total. The first kappa shape index (κ1) is 15.6. The van der Waals surface area contributed by atoms with E-state index in [1.807, 2.05) is 6.07 Å². The van der Waals surface area contributed by atoms with Gasteiger partial charge in [-0.1, -0.05) is 34.1 Å². The molecule has 110 valence electrons. The fourth-order valence-corrected chi connectivity index (χ4v) is 2.45. The second-order valence-electron chi connectivity index (χ2n) is 4.55. The number of nitrogens with zero attached hydrogens (tertiary/aromatic N) is 1. The Balaban J connectivity index is 1.87. The molecule has 0 radical (unpaired) electrons. The molecule has 0 fully saturated rings. The third-order valence-corrected chi connectivity index (χ3v) is 3.83. The minimum atomic E-state index is -0.430. The standard InChI is InChI=1S/C15H14BrFN2O2/c16-14-9-13(19(20)21)6-5-12(14)10-18-8-7-11-3-1-2-4-15(11)17/h1-6,9,18H,7-8,10H2. The van der Waals surface area contributed by atoms with E-state index in [2.05, 4.69) is 21.2 Å². The van der Waals surface area contributed by atoms with Gasteiger partial charge in [-0.15, -0.1) is 0 Å². The monoisotopic (exact) mass is 352 g/mol. The number of hydrogen-bond acceptors (Lipinski definition) is 3. The highest BCUT2D eigenvalue weighted by Gasteiger charge is 2.08. The van der Waals surface area contributed by atoms with Crippen LogP contribution >= 0.6 is 15.9 Å². The zero-order valence-electron chi connectivity index (χ0n) is 11.2. The van der Waals surface area contributed by atoms with Gasteiger partial charge in [0.05, 0.1) is 4.92 Å². The summed E-state index contributed by atoms with van der Waals surface area (Å²) in [6, 6.07) is 11.3. The van der Waals surface area contributed by atoms with Crippen molar-refractivity contribution in [3.8, 4) is 0 Å². The first-order valence-electron chi connectivity index (χ1n) is 6.45. The maximum Gasteiger partial charge on any atom is 0.270 e. The van der Waals surface area contributed by atoms with E-state index in [0.717, 1.165) is 5.56 Å². The molecule has 6 heteroatoms. The van der Waals surface area contributed by atoms with Crippen LogP contribution in [0.4, 0.5) is 10.1 Å². The molecule has 4 nitrogen and oxygen atoms in total. The van der Waals surface area contributed by atoms with E-state index in [1.165, 1.54) is 18.2 Å². The van der Waals surface area contributed by atoms with Crippen LogP contribution in [-0.2, 0) is 13.0 Å². The maximum atomic E-state index is 13.4. The highest BCUT2D eigenvalue weighted by Crippen LogP contribution is 2.22. The van der Waals surface area contributed by atoms with Crippen LogP contribution in [0, 0.1) is 15.9 Å². The van der Waals surface area contributed by atoms with Crippen molar-refractivity contribution in [3.05, 3.63) is 74.0 Å². The molecule has 0 saturated carbocycles. The topological polar surface area (TPSA) is 55.2 Å². The van der Waals surface area contributed by atoms with Crippen LogP contribution < -0.4 is 5.32 Å². The molecule has 0 amide bonds. The lowest BCUT2D eigenvalue weighted by Gasteiger charge is -2.07. The van der Waals surface area contributed by atoms with Crippen LogP contribution in [0.25, 0.3) is 0 Å². The Morgan fingerprint density at radius 2 is 1.95 bits per heavy atom. The van der Waals surface area contributed by atoms with Crippen LogP contribution in [-0.4, -0.2) is 11.5 Å². The molecule has 0 aliphatic rings. The van der Waals surface area contributed by atoms with Crippen LogP contribution in [0.15, 0.2) is 46.9 Å². The predicted molar refractivity (Wildman–Crippen MR) is 82.6 cm³/mol. The minimum absolute atomic E-state index is 0.0528. The molecule has 0 aliphatic heterocycles. The molecule has 0 heterocycles. The Labute approximate surface area is 130 Å². The van der Waals surface area contributed by atoms with E-state index in [4.69, 9.17) is 0 Å². The number of nitro benzene ring substituents is 1. The Kier molecular flexibility index (Phi) is 5.41. The quantitative estimate of drug-likeness (QED) is 0.488. The van der Waals surface area contributed by atoms with Crippen molar-refractivity contribution in [2.45, 2.75) is 13.0 Å². The number of hydrogen-bond donors (Lipinski definition) is 1. The van der Waals surface area contributed by atoms with E-state index in [1.54, 1.807) is 18.2 Å². The van der Waals surface area contributed by atoms with Crippen molar-refractivity contribution >= 4 is 21.6 Å². The number of benzene rings is 2. The number of non-ortho nitro benzene ring substituents is 1. The molecule has 2 aromatic carbocycles. The minimum Gasteiger partial charge on any atom is -0.312 e. The smallest absolute Gasteiger partial charge is 0.270 e. The van der Waals surface area contributed by atoms with Crippen molar-refractivity contribution in [2.75, 3.05) is 6.54 Å². The van der Waals surface area contributed by atoms with Gasteiger partial charge in [-0.05, 0) is 36.2 Å². The van der Waals surface area contributed by atoms with Crippen LogP contribution in [0.5, 0.6) is 0 Å². The van der Waals surface area contributed by atoms with E-state index >= 15 is 0 Å². The summed E-state index contributed by atoms with van der Waals surface area (Å²) in [5, 5.41) is 13.8. The van der Waals surface area contributed by atoms with Crippen molar-refractivity contribution in [3.63, 3.8) is 0 Å². The molecule has 0 bridgehead atoms. The molecule has 0 atom stereocenters. The van der Waals surface area contributed by atoms with Crippen LogP contribution in [0.1, 0.15) is 11.1 Å². The van der Waals surface area contributed by atoms with Gasteiger partial charge in [0.2, 0.25) is 0 Å². The predicted octanol–water partition coefficient (Wildman–Crippen LogP) is 3.83. The second kappa shape index (κ2) is 7.28. The van der Waals surface area contributed by atoms with Gasteiger partial charge in [0.15, 0.2) is 0 Å². The number of halogens is 2. The van der Waals surface area contributed by atoms with Crippen LogP contribution in [0.3, 0.4) is 0 Å². The molecule has 0 spiro atoms. The fourth-order valence-electron chi connectivity index (χ4n) is 1.94. The Hall–Kier alpha value is -1.79. The number of nitrogens with one attached hydrogen (secondary N) is 1. The highest BCUT2D eigenvalue weighted by molar-refractivity contribution is 9.10. The number of rotatable bonds is 6. The molecular formula is C15H14BrFN2O2. The van der Waals surface area contributed by atoms with Gasteiger partial charge in [0.1, 0.15) is 5.82 Å². The molecule has 0 saturated heterocycles. The van der Waals surface area contributed by atoms with E-state index < -0.39 is 4.92 Å². The largest absolute Gasteiger partial charge is 0.312 e. The van der Waals surface area contributed by atoms with Gasteiger partial charge in [0.25, 0.3) is 5.69 Å². The summed E-state index contributed by atoms with van der Waals surface area (Å²) < 4.78 is 14.1. The fraction of sp³-hybridized carbons (Fsp3) is 0.200. The first-order chi connectivity index (χ1) is 10.1. The third-order valence-electron chi connectivity index (χ3n) is 3.09. The van der Waals surface area contributed by atoms with E-state index in [-0.39, 0.29) is 11.5 Å². The van der Waals surface area contributed by atoms with E-state index in [9.17, 15) is 14.5 Å². The Morgan fingerprint density at radius 3 is 2.62 bits per heavy atom. The normalized spacial score (nSPS) is 10.6. The molecule has 21 heavy (non-hydrogen) atoms. The van der Waals surface area contributed by atoms with Gasteiger partial charge in [-0.25, -0.2) is 4.39 Å². The van der Waals surface area contributed by atoms with Crippen molar-refractivity contribution in [1.82, 2.24) is 5.32 Å². The molecule has 2 rings (SSSR count). The van der Waals surface area contributed by atoms with Crippen LogP contribution in [0.2, 0.25) is 0 Å². The average Bonchev–Trinajstić information content (AvgIpc) is 2.46. The van der Waals surface area contributed by atoms with Crippen molar-refractivity contribution in [1.29, 1.82) is 0 Å². The zero-order valence-corrected chi connectivity index (χ0v) is 12.8. The lowest BCUT2D eigenvalue weighted by Crippen LogP contribution is -2.17. The first-order valence-corrected chi connectivity index (χ1v) is 7.24. The summed E-state index contributed by atoms with van der Waals surface area (Å²) in [6.07, 6.45) is 0.595. The number of nitro groups is 1. The van der Waals surface area contributed by atoms with Crippen molar-refractivity contribution in [2.24, 2.45) is 0 Å². The molecule has 0 unspecified atom stereocenters. The Morgan fingerprint density at radius 1 is 1.19 bits per heavy atom. The van der Waals surface area contributed by atoms with Gasteiger partial charge in [0, 0.05) is 23.2 Å². The van der Waals surface area contributed by atoms with E-state index in [0.29, 0.717) is 29.5 Å². The average molecular weight is 353 g/mol. The molecule has 0 aliphatic carbocycles. The lowest BCUT2D eigenvalue weighted by molar-refractivity contribution is -0.384. The summed E-state index contributed by atoms with van der Waals surface area (Å²) in [5.74, 6) is -0.198. The van der Waals surface area contributed by atoms with Crippen molar-refractivity contribution < 1.29 is 9.31 Å². The third kappa shape index (κ3) is 4.34. The summed E-state index contributed by atoms with van der Waals surface area (Å²) >= 11 is 3.32. The lowest BCUT2D eigenvalue weighted by atomic mass is 10.1. The summed E-state index contributed by atoms with van der Waals surface area (Å²) in [7, 11) is 0. The van der Waals surface area contributed by atoms with Gasteiger partial charge >= 0.3 is 0 Å². The summed E-state index contributed by atoms with van der Waals surface area (Å²) in [4.78, 5) is 10.2. The molecule has 2 aromatic rings. The Bertz CT molecular complexity index is 649. The molecular weight excluding hydrogens is 339 g/mol. The van der Waals surface area contributed by atoms with Gasteiger partial charge < -0.3 is 5.32 Å². The molecule has 0 aromatic heterocycles. The zero-order chi connectivity index (χ0) is 15.2. The highest BCUT2D eigenvalue weighted by atomic mass is 79.9. The SMILES string of the molecule is O=[N+]([O-])c1ccc(CNCCc2ccccc2F)c(Br)c1. The summed E-state index contributed by atoms with van der Waals surface area (Å²) in [6.45, 7) is 1.19. The van der Waals surface area contributed by atoms with Gasteiger partial charge in [-0.2, -0.15) is 0 Å². The second-order valence-corrected chi connectivity index (χ2v) is 5.41. The summed E-state index contributed by atoms with van der Waals surface area (Å²) in [5.41, 5.74) is 1.65.